The van der Waals surface area contributed by atoms with Crippen LogP contribution in [0.25, 0.3) is 11.0 Å². The van der Waals surface area contributed by atoms with Crippen molar-refractivity contribution < 1.29 is 9.59 Å². The largest absolute Gasteiger partial charge is 0.338 e. The summed E-state index contributed by atoms with van der Waals surface area (Å²) in [4.78, 5) is 29.1. The minimum absolute atomic E-state index is 0.0651. The number of fused-ring (bicyclic) bond motifs is 1. The highest BCUT2D eigenvalue weighted by Gasteiger charge is 2.22. The number of carbonyl (C=O) groups is 2. The number of para-hydroxylation sites is 2. The van der Waals surface area contributed by atoms with E-state index in [9.17, 15) is 9.59 Å². The first-order valence-corrected chi connectivity index (χ1v) is 11.0. The van der Waals surface area contributed by atoms with E-state index >= 15 is 0 Å². The first-order valence-electron chi connectivity index (χ1n) is 11.0. The zero-order valence-electron chi connectivity index (χ0n) is 17.0. The number of imidazole rings is 1. The minimum atomic E-state index is -0.284. The summed E-state index contributed by atoms with van der Waals surface area (Å²) in [5, 5.41) is 8.46. The van der Waals surface area contributed by atoms with Crippen molar-refractivity contribution in [1.82, 2.24) is 20.2 Å². The lowest BCUT2D eigenvalue weighted by atomic mass is 9.95. The van der Waals surface area contributed by atoms with Crippen molar-refractivity contribution in [1.29, 1.82) is 0 Å². The topological polar surface area (TPSA) is 88.1 Å². The Kier molecular flexibility index (Phi) is 6.32. The Hall–Kier alpha value is -2.57. The van der Waals surface area contributed by atoms with Crippen molar-refractivity contribution in [3.05, 3.63) is 24.3 Å². The fourth-order valence-electron chi connectivity index (χ4n) is 4.68. The minimum Gasteiger partial charge on any atom is -0.338 e. The third-order valence-electron chi connectivity index (χ3n) is 6.22. The molecule has 0 spiro atoms. The van der Waals surface area contributed by atoms with Gasteiger partial charge in [0.1, 0.15) is 0 Å². The molecule has 1 aromatic heterocycles. The SMILES string of the molecule is O=C(CNC(=O)NCC1CCCC1)Nc1nc2ccccc2n1C1CCCCC1. The normalized spacial score (nSPS) is 18.1. The summed E-state index contributed by atoms with van der Waals surface area (Å²) in [5.74, 6) is 0.898. The van der Waals surface area contributed by atoms with Gasteiger partial charge in [-0.1, -0.05) is 44.2 Å². The van der Waals surface area contributed by atoms with Crippen molar-refractivity contribution in [2.24, 2.45) is 5.92 Å². The van der Waals surface area contributed by atoms with E-state index in [1.807, 2.05) is 18.2 Å². The maximum absolute atomic E-state index is 12.5. The standard InChI is InChI=1S/C22H31N5O2/c28-20(15-24-22(29)23-14-16-8-4-5-9-16)26-21-25-18-12-6-7-13-19(18)27(21)17-10-2-1-3-11-17/h6-7,12-13,16-17H,1-5,8-11,14-15H2,(H2,23,24,29)(H,25,26,28). The van der Waals surface area contributed by atoms with Gasteiger partial charge in [-0.15, -0.1) is 0 Å². The Balaban J connectivity index is 1.36. The summed E-state index contributed by atoms with van der Waals surface area (Å²) in [6.45, 7) is 0.620. The van der Waals surface area contributed by atoms with Crippen molar-refractivity contribution in [3.63, 3.8) is 0 Å². The fraction of sp³-hybridized carbons (Fsp3) is 0.591. The van der Waals surface area contributed by atoms with Gasteiger partial charge in [0, 0.05) is 12.6 Å². The first kappa shape index (κ1) is 19.7. The summed E-state index contributed by atoms with van der Waals surface area (Å²) >= 11 is 0. The Morgan fingerprint density at radius 2 is 1.69 bits per heavy atom. The molecule has 3 amide bonds. The van der Waals surface area contributed by atoms with Gasteiger partial charge in [0.2, 0.25) is 11.9 Å². The van der Waals surface area contributed by atoms with E-state index in [-0.39, 0.29) is 18.5 Å². The molecule has 0 bridgehead atoms. The number of benzene rings is 1. The average Bonchev–Trinajstić information content (AvgIpc) is 3.38. The van der Waals surface area contributed by atoms with Crippen LogP contribution in [0, 0.1) is 5.92 Å². The van der Waals surface area contributed by atoms with Crippen LogP contribution in [-0.4, -0.2) is 34.6 Å². The predicted octanol–water partition coefficient (Wildman–Crippen LogP) is 3.97. The van der Waals surface area contributed by atoms with E-state index in [0.29, 0.717) is 24.5 Å². The van der Waals surface area contributed by atoms with Crippen molar-refractivity contribution in [3.8, 4) is 0 Å². The summed E-state index contributed by atoms with van der Waals surface area (Å²) in [7, 11) is 0. The number of hydrogen-bond donors (Lipinski definition) is 3. The second-order valence-electron chi connectivity index (χ2n) is 8.35. The van der Waals surface area contributed by atoms with Crippen LogP contribution >= 0.6 is 0 Å². The molecule has 2 fully saturated rings. The van der Waals surface area contributed by atoms with Gasteiger partial charge in [-0.3, -0.25) is 10.1 Å². The zero-order chi connectivity index (χ0) is 20.1. The number of hydrogen-bond acceptors (Lipinski definition) is 3. The van der Waals surface area contributed by atoms with Gasteiger partial charge in [-0.2, -0.15) is 0 Å². The molecular weight excluding hydrogens is 366 g/mol. The highest BCUT2D eigenvalue weighted by Crippen LogP contribution is 2.34. The number of carbonyl (C=O) groups excluding carboxylic acids is 2. The monoisotopic (exact) mass is 397 g/mol. The third kappa shape index (κ3) is 4.89. The van der Waals surface area contributed by atoms with Gasteiger partial charge >= 0.3 is 6.03 Å². The molecule has 2 aliphatic carbocycles. The van der Waals surface area contributed by atoms with Gasteiger partial charge in [-0.25, -0.2) is 9.78 Å². The van der Waals surface area contributed by atoms with E-state index in [2.05, 4.69) is 31.6 Å². The van der Waals surface area contributed by atoms with Crippen molar-refractivity contribution in [2.75, 3.05) is 18.4 Å². The van der Waals surface area contributed by atoms with Crippen LogP contribution in [0.3, 0.4) is 0 Å². The van der Waals surface area contributed by atoms with E-state index < -0.39 is 0 Å². The average molecular weight is 398 g/mol. The summed E-state index contributed by atoms with van der Waals surface area (Å²) < 4.78 is 2.17. The molecule has 0 aliphatic heterocycles. The van der Waals surface area contributed by atoms with Crippen LogP contribution in [0.15, 0.2) is 24.3 Å². The van der Waals surface area contributed by atoms with E-state index in [0.717, 1.165) is 23.9 Å². The summed E-state index contributed by atoms with van der Waals surface area (Å²) in [6, 6.07) is 8.07. The quantitative estimate of drug-likeness (QED) is 0.689. The van der Waals surface area contributed by atoms with Gasteiger partial charge < -0.3 is 15.2 Å². The fourth-order valence-corrected chi connectivity index (χ4v) is 4.68. The second-order valence-corrected chi connectivity index (χ2v) is 8.35. The molecule has 2 aromatic rings. The highest BCUT2D eigenvalue weighted by atomic mass is 16.2. The molecule has 156 valence electrons. The molecule has 4 rings (SSSR count). The molecule has 7 nitrogen and oxygen atoms in total. The molecule has 3 N–H and O–H groups in total. The van der Waals surface area contributed by atoms with Crippen LogP contribution in [0.5, 0.6) is 0 Å². The van der Waals surface area contributed by atoms with E-state index in [1.165, 1.54) is 44.9 Å². The lowest BCUT2D eigenvalue weighted by molar-refractivity contribution is -0.115. The predicted molar refractivity (Wildman–Crippen MR) is 114 cm³/mol. The number of nitrogens with one attached hydrogen (secondary N) is 3. The molecule has 29 heavy (non-hydrogen) atoms. The summed E-state index contributed by atoms with van der Waals surface area (Å²) in [6.07, 6.45) is 10.7. The van der Waals surface area contributed by atoms with Crippen LogP contribution in [0.1, 0.15) is 63.8 Å². The van der Waals surface area contributed by atoms with Gasteiger partial charge in [0.05, 0.1) is 17.6 Å². The van der Waals surface area contributed by atoms with Crippen molar-refractivity contribution in [2.45, 2.75) is 63.8 Å². The summed E-state index contributed by atoms with van der Waals surface area (Å²) in [5.41, 5.74) is 1.94. The molecule has 0 radical (unpaired) electrons. The smallest absolute Gasteiger partial charge is 0.315 e. The molecule has 1 heterocycles. The molecule has 1 aromatic carbocycles. The third-order valence-corrected chi connectivity index (χ3v) is 6.22. The number of nitrogens with zero attached hydrogens (tertiary/aromatic N) is 2. The molecule has 2 saturated carbocycles. The zero-order valence-corrected chi connectivity index (χ0v) is 17.0. The Morgan fingerprint density at radius 1 is 0.966 bits per heavy atom. The van der Waals surface area contributed by atoms with Crippen LogP contribution in [-0.2, 0) is 4.79 Å². The lowest BCUT2D eigenvalue weighted by Crippen LogP contribution is -2.41. The van der Waals surface area contributed by atoms with E-state index in [4.69, 9.17) is 0 Å². The molecule has 0 atom stereocenters. The Bertz CT molecular complexity index is 850. The number of rotatable bonds is 6. The van der Waals surface area contributed by atoms with Gasteiger partial charge in [-0.05, 0) is 43.7 Å². The number of urea groups is 1. The molecule has 0 saturated heterocycles. The van der Waals surface area contributed by atoms with Gasteiger partial charge in [0.15, 0.2) is 0 Å². The molecule has 7 heteroatoms. The number of aromatic nitrogens is 2. The van der Waals surface area contributed by atoms with Crippen LogP contribution in [0.4, 0.5) is 10.7 Å². The van der Waals surface area contributed by atoms with E-state index in [1.54, 1.807) is 0 Å². The number of anilines is 1. The maximum atomic E-state index is 12.5. The molecular formula is C22H31N5O2. The van der Waals surface area contributed by atoms with Crippen molar-refractivity contribution >= 4 is 28.9 Å². The lowest BCUT2D eigenvalue weighted by Gasteiger charge is -2.25. The Labute approximate surface area is 171 Å². The maximum Gasteiger partial charge on any atom is 0.315 e. The second kappa shape index (κ2) is 9.29. The van der Waals surface area contributed by atoms with Crippen LogP contribution < -0.4 is 16.0 Å². The number of amides is 3. The first-order chi connectivity index (χ1) is 14.2. The molecule has 0 unspecified atom stereocenters. The van der Waals surface area contributed by atoms with Gasteiger partial charge in [0.25, 0.3) is 0 Å². The Morgan fingerprint density at radius 3 is 2.48 bits per heavy atom. The highest BCUT2D eigenvalue weighted by molar-refractivity contribution is 5.94. The van der Waals surface area contributed by atoms with Crippen LogP contribution in [0.2, 0.25) is 0 Å². The molecule has 2 aliphatic rings.